The number of aryl methyl sites for hydroxylation is 1. The van der Waals surface area contributed by atoms with Gasteiger partial charge < -0.3 is 10.4 Å². The zero-order chi connectivity index (χ0) is 13.0. The summed E-state index contributed by atoms with van der Waals surface area (Å²) >= 11 is 0. The highest BCUT2D eigenvalue weighted by atomic mass is 16.4. The van der Waals surface area contributed by atoms with Gasteiger partial charge in [0, 0.05) is 32.3 Å². The molecule has 1 saturated carbocycles. The molecule has 1 fully saturated rings. The molecule has 0 amide bonds. The van der Waals surface area contributed by atoms with Crippen molar-refractivity contribution in [2.45, 2.75) is 38.1 Å². The monoisotopic (exact) mass is 251 g/mol. The Morgan fingerprint density at radius 1 is 1.61 bits per heavy atom. The van der Waals surface area contributed by atoms with Crippen LogP contribution in [0.1, 0.15) is 31.4 Å². The van der Waals surface area contributed by atoms with Crippen molar-refractivity contribution < 1.29 is 9.90 Å². The lowest BCUT2D eigenvalue weighted by molar-refractivity contribution is -0.143. The molecule has 0 spiro atoms. The van der Waals surface area contributed by atoms with Gasteiger partial charge in [0.15, 0.2) is 0 Å². The third kappa shape index (κ3) is 3.57. The minimum Gasteiger partial charge on any atom is -0.481 e. The van der Waals surface area contributed by atoms with E-state index in [1.165, 1.54) is 0 Å². The Morgan fingerprint density at radius 2 is 2.44 bits per heavy atom. The number of hydrogen-bond acceptors (Lipinski definition) is 3. The highest BCUT2D eigenvalue weighted by molar-refractivity contribution is 5.70. The third-order valence-electron chi connectivity index (χ3n) is 3.61. The molecule has 0 saturated heterocycles. The van der Waals surface area contributed by atoms with Crippen LogP contribution in [0.2, 0.25) is 0 Å². The van der Waals surface area contributed by atoms with Gasteiger partial charge in [-0.3, -0.25) is 9.48 Å². The number of carbonyl (C=O) groups is 1. The Bertz CT molecular complexity index is 403. The Kier molecular flexibility index (Phi) is 4.36. The summed E-state index contributed by atoms with van der Waals surface area (Å²) in [6.45, 7) is 0.869. The normalized spacial score (nSPS) is 24.1. The van der Waals surface area contributed by atoms with E-state index in [1.807, 2.05) is 19.3 Å². The van der Waals surface area contributed by atoms with E-state index in [0.717, 1.165) is 44.3 Å². The van der Waals surface area contributed by atoms with Gasteiger partial charge in [0.25, 0.3) is 0 Å². The number of carboxylic acid groups (broad SMARTS) is 1. The molecule has 100 valence electrons. The lowest BCUT2D eigenvalue weighted by Gasteiger charge is -2.27. The first-order valence-corrected chi connectivity index (χ1v) is 6.60. The van der Waals surface area contributed by atoms with Crippen molar-refractivity contribution >= 4 is 5.97 Å². The topological polar surface area (TPSA) is 67.2 Å². The second kappa shape index (κ2) is 6.00. The van der Waals surface area contributed by atoms with Gasteiger partial charge in [-0.05, 0) is 25.3 Å². The molecule has 5 nitrogen and oxygen atoms in total. The van der Waals surface area contributed by atoms with Gasteiger partial charge in [0.2, 0.25) is 0 Å². The Morgan fingerprint density at radius 3 is 3.11 bits per heavy atom. The second-order valence-electron chi connectivity index (χ2n) is 5.08. The van der Waals surface area contributed by atoms with Crippen molar-refractivity contribution in [1.82, 2.24) is 15.1 Å². The lowest BCUT2D eigenvalue weighted by Crippen LogP contribution is -2.37. The predicted molar refractivity (Wildman–Crippen MR) is 68.3 cm³/mol. The van der Waals surface area contributed by atoms with Gasteiger partial charge in [-0.25, -0.2) is 0 Å². The van der Waals surface area contributed by atoms with Gasteiger partial charge in [-0.2, -0.15) is 5.10 Å². The molecule has 1 aliphatic carbocycles. The molecule has 1 aromatic rings. The molecule has 2 atom stereocenters. The van der Waals surface area contributed by atoms with Gasteiger partial charge >= 0.3 is 5.97 Å². The van der Waals surface area contributed by atoms with E-state index in [1.54, 1.807) is 4.68 Å². The fraction of sp³-hybridized carbons (Fsp3) is 0.692. The quantitative estimate of drug-likeness (QED) is 0.825. The van der Waals surface area contributed by atoms with E-state index >= 15 is 0 Å². The maximum Gasteiger partial charge on any atom is 0.306 e. The average molecular weight is 251 g/mol. The smallest absolute Gasteiger partial charge is 0.306 e. The zero-order valence-corrected chi connectivity index (χ0v) is 10.8. The minimum atomic E-state index is -0.647. The van der Waals surface area contributed by atoms with E-state index in [0.29, 0.717) is 6.04 Å². The summed E-state index contributed by atoms with van der Waals surface area (Å²) in [5.41, 5.74) is 1.08. The van der Waals surface area contributed by atoms with E-state index < -0.39 is 5.97 Å². The van der Waals surface area contributed by atoms with Crippen LogP contribution in [-0.2, 0) is 18.3 Å². The summed E-state index contributed by atoms with van der Waals surface area (Å²) in [6, 6.07) is 2.37. The van der Waals surface area contributed by atoms with Crippen LogP contribution >= 0.6 is 0 Å². The number of aromatic nitrogens is 2. The van der Waals surface area contributed by atoms with Gasteiger partial charge in [-0.1, -0.05) is 6.42 Å². The molecular formula is C13H21N3O2. The van der Waals surface area contributed by atoms with E-state index in [-0.39, 0.29) is 5.92 Å². The van der Waals surface area contributed by atoms with Crippen molar-refractivity contribution in [2.24, 2.45) is 13.0 Å². The largest absolute Gasteiger partial charge is 0.481 e. The van der Waals surface area contributed by atoms with Crippen LogP contribution < -0.4 is 5.32 Å². The van der Waals surface area contributed by atoms with Crippen LogP contribution in [-0.4, -0.2) is 33.4 Å². The molecule has 1 aromatic heterocycles. The molecular weight excluding hydrogens is 230 g/mol. The second-order valence-corrected chi connectivity index (χ2v) is 5.08. The standard InChI is InChI=1S/C13H21N3O2/c1-16-8-6-11(15-16)5-7-14-12-4-2-3-10(9-12)13(17)18/h6,8,10,12,14H,2-5,7,9H2,1H3,(H,17,18). The number of carboxylic acids is 1. The molecule has 0 aliphatic heterocycles. The van der Waals surface area contributed by atoms with Gasteiger partial charge in [0.1, 0.15) is 0 Å². The number of nitrogens with one attached hydrogen (secondary N) is 1. The van der Waals surface area contributed by atoms with Gasteiger partial charge in [-0.15, -0.1) is 0 Å². The number of hydrogen-bond donors (Lipinski definition) is 2. The zero-order valence-electron chi connectivity index (χ0n) is 10.8. The highest BCUT2D eigenvalue weighted by Gasteiger charge is 2.26. The minimum absolute atomic E-state index is 0.161. The summed E-state index contributed by atoms with van der Waals surface area (Å²) in [5, 5.41) is 16.8. The van der Waals surface area contributed by atoms with Crippen molar-refractivity contribution in [3.05, 3.63) is 18.0 Å². The number of nitrogens with zero attached hydrogens (tertiary/aromatic N) is 2. The SMILES string of the molecule is Cn1ccc(CCNC2CCCC(C(=O)O)C2)n1. The fourth-order valence-electron chi connectivity index (χ4n) is 2.60. The van der Waals surface area contributed by atoms with Crippen molar-refractivity contribution in [3.63, 3.8) is 0 Å². The average Bonchev–Trinajstić information content (AvgIpc) is 2.75. The summed E-state index contributed by atoms with van der Waals surface area (Å²) in [6.07, 6.45) is 6.53. The molecule has 2 N–H and O–H groups in total. The third-order valence-corrected chi connectivity index (χ3v) is 3.61. The van der Waals surface area contributed by atoms with Crippen LogP contribution in [0.15, 0.2) is 12.3 Å². The summed E-state index contributed by atoms with van der Waals surface area (Å²) in [5.74, 6) is -0.808. The first-order valence-electron chi connectivity index (χ1n) is 6.60. The molecule has 1 aliphatic rings. The summed E-state index contributed by atoms with van der Waals surface area (Å²) in [7, 11) is 1.91. The molecule has 0 radical (unpaired) electrons. The van der Waals surface area contributed by atoms with Crippen molar-refractivity contribution in [2.75, 3.05) is 6.54 Å². The fourth-order valence-corrected chi connectivity index (χ4v) is 2.60. The molecule has 2 rings (SSSR count). The molecule has 1 heterocycles. The predicted octanol–water partition coefficient (Wildman–Crippen LogP) is 1.20. The van der Waals surface area contributed by atoms with Crippen molar-refractivity contribution in [3.8, 4) is 0 Å². The van der Waals surface area contributed by atoms with Gasteiger partial charge in [0.05, 0.1) is 11.6 Å². The van der Waals surface area contributed by atoms with Crippen LogP contribution in [0.25, 0.3) is 0 Å². The molecule has 18 heavy (non-hydrogen) atoms. The number of rotatable bonds is 5. The lowest BCUT2D eigenvalue weighted by atomic mass is 9.86. The first kappa shape index (κ1) is 13.1. The van der Waals surface area contributed by atoms with Crippen LogP contribution in [0.3, 0.4) is 0 Å². The van der Waals surface area contributed by atoms with E-state index in [4.69, 9.17) is 5.11 Å². The van der Waals surface area contributed by atoms with E-state index in [9.17, 15) is 4.79 Å². The maximum atomic E-state index is 11.0. The summed E-state index contributed by atoms with van der Waals surface area (Å²) in [4.78, 5) is 11.0. The highest BCUT2D eigenvalue weighted by Crippen LogP contribution is 2.24. The van der Waals surface area contributed by atoms with Crippen LogP contribution in [0.5, 0.6) is 0 Å². The Labute approximate surface area is 107 Å². The van der Waals surface area contributed by atoms with Crippen LogP contribution in [0.4, 0.5) is 0 Å². The first-order chi connectivity index (χ1) is 8.65. The molecule has 5 heteroatoms. The van der Waals surface area contributed by atoms with Crippen LogP contribution in [0, 0.1) is 5.92 Å². The molecule has 0 bridgehead atoms. The number of aliphatic carboxylic acids is 1. The van der Waals surface area contributed by atoms with Crippen molar-refractivity contribution in [1.29, 1.82) is 0 Å². The molecule has 2 unspecified atom stereocenters. The maximum absolute atomic E-state index is 11.0. The van der Waals surface area contributed by atoms with E-state index in [2.05, 4.69) is 10.4 Å². The summed E-state index contributed by atoms with van der Waals surface area (Å²) < 4.78 is 1.80. The Hall–Kier alpha value is -1.36. The Balaban J connectivity index is 1.71. The molecule has 0 aromatic carbocycles.